The zero-order valence-corrected chi connectivity index (χ0v) is 24.4. The van der Waals surface area contributed by atoms with Crippen LogP contribution in [0.2, 0.25) is 0 Å². The third kappa shape index (κ3) is 6.82. The predicted molar refractivity (Wildman–Crippen MR) is 157 cm³/mol. The molecule has 10 nitrogen and oxygen atoms in total. The monoisotopic (exact) mass is 585 g/mol. The fourth-order valence-electron chi connectivity index (χ4n) is 5.14. The Kier molecular flexibility index (Phi) is 8.79. The molecular weight excluding hydrogens is 549 g/mol. The lowest BCUT2D eigenvalue weighted by atomic mass is 10.0. The highest BCUT2D eigenvalue weighted by molar-refractivity contribution is 8.07. The fraction of sp³-hybridized carbons (Fsp3) is 0.448. The number of hydrogen-bond donors (Lipinski definition) is 1. The largest absolute Gasteiger partial charge is 0.493 e. The molecule has 3 heterocycles. The van der Waals surface area contributed by atoms with Crippen LogP contribution in [0.1, 0.15) is 39.0 Å². The van der Waals surface area contributed by atoms with Crippen molar-refractivity contribution >= 4 is 31.7 Å². The molecule has 0 bridgehead atoms. The van der Waals surface area contributed by atoms with Crippen LogP contribution < -0.4 is 18.9 Å². The maximum Gasteiger partial charge on any atom is 0.277 e. The molecule has 1 aromatic heterocycles. The number of piperidine rings is 1. The summed E-state index contributed by atoms with van der Waals surface area (Å²) in [7, 11) is -0.621. The molecule has 220 valence electrons. The van der Waals surface area contributed by atoms with Crippen LogP contribution in [0.3, 0.4) is 0 Å². The van der Waals surface area contributed by atoms with E-state index in [0.29, 0.717) is 53.8 Å². The van der Waals surface area contributed by atoms with E-state index < -0.39 is 15.8 Å². The van der Waals surface area contributed by atoms with E-state index in [9.17, 15) is 8.42 Å². The second-order valence-corrected chi connectivity index (χ2v) is 12.1. The molecule has 3 aromatic rings. The topological polar surface area (TPSA) is 106 Å². The highest BCUT2D eigenvalue weighted by Crippen LogP contribution is 2.38. The lowest BCUT2D eigenvalue weighted by Gasteiger charge is -2.33. The van der Waals surface area contributed by atoms with Crippen LogP contribution in [0.15, 0.2) is 47.7 Å². The van der Waals surface area contributed by atoms with Gasteiger partial charge in [-0.2, -0.15) is 13.5 Å². The average Bonchev–Trinajstić information content (AvgIpc) is 3.40. The Morgan fingerprint density at radius 1 is 1.07 bits per heavy atom. The zero-order chi connectivity index (χ0) is 29.0. The van der Waals surface area contributed by atoms with Gasteiger partial charge < -0.3 is 19.1 Å². The number of nitrogens with one attached hydrogen (secondary N) is 1. The maximum atomic E-state index is 15.0. The van der Waals surface area contributed by atoms with Crippen LogP contribution in [0.25, 0.3) is 10.9 Å². The molecule has 1 fully saturated rings. The molecule has 2 aliphatic rings. The Morgan fingerprint density at radius 2 is 1.93 bits per heavy atom. The Hall–Kier alpha value is -3.64. The van der Waals surface area contributed by atoms with Gasteiger partial charge in [0.2, 0.25) is 0 Å². The summed E-state index contributed by atoms with van der Waals surface area (Å²) in [4.78, 5) is 6.96. The van der Waals surface area contributed by atoms with Gasteiger partial charge in [-0.25, -0.2) is 4.39 Å². The van der Waals surface area contributed by atoms with Gasteiger partial charge in [-0.3, -0.25) is 14.7 Å². The molecule has 0 amide bonds. The number of sulfonamides is 1. The van der Waals surface area contributed by atoms with Gasteiger partial charge in [-0.1, -0.05) is 6.42 Å². The summed E-state index contributed by atoms with van der Waals surface area (Å²) in [5.74, 6) is 0.680. The first kappa shape index (κ1) is 28.9. The average molecular weight is 586 g/mol. The molecule has 0 spiro atoms. The summed E-state index contributed by atoms with van der Waals surface area (Å²) in [5, 5.41) is 6.17. The van der Waals surface area contributed by atoms with Crippen LogP contribution in [-0.4, -0.2) is 74.8 Å². The number of benzene rings is 2. The molecule has 12 heteroatoms. The molecular formula is C29H36FN5O5S. The SMILES string of the molecule is COc1cc2c(Oc3ccc(NS(=O)(=O)C4=NN(C)CC4)cc3F)ccnc2cc1OCCCN1CCCCC1C. The van der Waals surface area contributed by atoms with Gasteiger partial charge in [-0.15, -0.1) is 0 Å². The second kappa shape index (κ2) is 12.5. The van der Waals surface area contributed by atoms with E-state index in [1.807, 2.05) is 0 Å². The normalized spacial score (nSPS) is 17.9. The number of rotatable bonds is 10. The van der Waals surface area contributed by atoms with E-state index in [0.717, 1.165) is 25.6 Å². The highest BCUT2D eigenvalue weighted by Gasteiger charge is 2.25. The molecule has 41 heavy (non-hydrogen) atoms. The number of anilines is 1. The van der Waals surface area contributed by atoms with E-state index in [4.69, 9.17) is 14.2 Å². The highest BCUT2D eigenvalue weighted by atomic mass is 32.2. The minimum Gasteiger partial charge on any atom is -0.493 e. The number of pyridine rings is 1. The Bertz CT molecular complexity index is 1530. The molecule has 0 aliphatic carbocycles. The molecule has 0 radical (unpaired) electrons. The standard InChI is InChI=1S/C29H36FN5O5S/c1-20-7-4-5-13-35(20)14-6-16-39-28-19-24-22(18-27(28)38-3)25(10-12-31-24)40-26-9-8-21(17-23(26)30)33-41(36,37)29-11-15-34(2)32-29/h8-10,12,17-20,33H,4-7,11,13-16H2,1-3H3. The van der Waals surface area contributed by atoms with E-state index in [2.05, 4.69) is 26.6 Å². The quantitative estimate of drug-likeness (QED) is 0.324. The van der Waals surface area contributed by atoms with Crippen LogP contribution in [0, 0.1) is 5.82 Å². The Labute approximate surface area is 240 Å². The van der Waals surface area contributed by atoms with Crippen LogP contribution in [0.4, 0.5) is 10.1 Å². The second-order valence-electron chi connectivity index (χ2n) is 10.4. The van der Waals surface area contributed by atoms with Gasteiger partial charge in [0.15, 0.2) is 28.1 Å². The minimum atomic E-state index is -3.88. The molecule has 0 saturated carbocycles. The third-order valence-corrected chi connectivity index (χ3v) is 8.83. The van der Waals surface area contributed by atoms with Gasteiger partial charge in [0, 0.05) is 56.3 Å². The van der Waals surface area contributed by atoms with Crippen molar-refractivity contribution in [2.75, 3.05) is 45.1 Å². The van der Waals surface area contributed by atoms with Crippen molar-refractivity contribution in [1.82, 2.24) is 14.9 Å². The maximum absolute atomic E-state index is 15.0. The summed E-state index contributed by atoms with van der Waals surface area (Å²) < 4.78 is 60.2. The Balaban J connectivity index is 1.28. The van der Waals surface area contributed by atoms with Crippen LogP contribution in [-0.2, 0) is 10.0 Å². The fourth-order valence-corrected chi connectivity index (χ4v) is 6.31. The number of hydrogen-bond acceptors (Lipinski definition) is 9. The van der Waals surface area contributed by atoms with Gasteiger partial charge in [0.25, 0.3) is 10.0 Å². The van der Waals surface area contributed by atoms with Crippen molar-refractivity contribution in [1.29, 1.82) is 0 Å². The van der Waals surface area contributed by atoms with Crippen molar-refractivity contribution in [2.45, 2.75) is 45.1 Å². The number of fused-ring (bicyclic) bond motifs is 1. The van der Waals surface area contributed by atoms with E-state index in [1.54, 1.807) is 43.6 Å². The lowest BCUT2D eigenvalue weighted by molar-refractivity contribution is 0.148. The van der Waals surface area contributed by atoms with Crippen molar-refractivity contribution in [3.8, 4) is 23.0 Å². The number of hydrazone groups is 1. The van der Waals surface area contributed by atoms with Crippen molar-refractivity contribution in [2.24, 2.45) is 5.10 Å². The van der Waals surface area contributed by atoms with Crippen molar-refractivity contribution in [3.05, 3.63) is 48.4 Å². The molecule has 1 saturated heterocycles. The number of aromatic nitrogens is 1. The summed E-state index contributed by atoms with van der Waals surface area (Å²) in [5.41, 5.74) is 0.681. The van der Waals surface area contributed by atoms with Crippen molar-refractivity contribution in [3.63, 3.8) is 0 Å². The Morgan fingerprint density at radius 3 is 2.66 bits per heavy atom. The van der Waals surface area contributed by atoms with E-state index in [1.165, 1.54) is 31.4 Å². The third-order valence-electron chi connectivity index (χ3n) is 7.42. The number of methoxy groups -OCH3 is 1. The van der Waals surface area contributed by atoms with Crippen LogP contribution >= 0.6 is 0 Å². The molecule has 2 aromatic carbocycles. The number of halogens is 1. The van der Waals surface area contributed by atoms with Crippen molar-refractivity contribution < 1.29 is 27.0 Å². The molecule has 1 unspecified atom stereocenters. The van der Waals surface area contributed by atoms with E-state index >= 15 is 4.39 Å². The van der Waals surface area contributed by atoms with E-state index in [-0.39, 0.29) is 16.5 Å². The number of likely N-dealkylation sites (tertiary alicyclic amines) is 1. The first-order chi connectivity index (χ1) is 19.7. The minimum absolute atomic E-state index is 0.0119. The first-order valence-corrected chi connectivity index (χ1v) is 15.3. The van der Waals surface area contributed by atoms with Crippen LogP contribution in [0.5, 0.6) is 23.0 Å². The van der Waals surface area contributed by atoms with Gasteiger partial charge in [-0.05, 0) is 57.0 Å². The summed E-state index contributed by atoms with van der Waals surface area (Å²) in [6.45, 7) is 5.47. The summed E-state index contributed by atoms with van der Waals surface area (Å²) in [6.07, 6.45) is 6.56. The summed E-state index contributed by atoms with van der Waals surface area (Å²) in [6, 6.07) is 9.69. The first-order valence-electron chi connectivity index (χ1n) is 13.9. The molecule has 5 rings (SSSR count). The number of ether oxygens (including phenoxy) is 3. The van der Waals surface area contributed by atoms with Gasteiger partial charge >= 0.3 is 0 Å². The predicted octanol–water partition coefficient (Wildman–Crippen LogP) is 5.21. The summed E-state index contributed by atoms with van der Waals surface area (Å²) >= 11 is 0. The zero-order valence-electron chi connectivity index (χ0n) is 23.6. The van der Waals surface area contributed by atoms with Gasteiger partial charge in [0.05, 0.1) is 24.9 Å². The molecule has 1 N–H and O–H groups in total. The van der Waals surface area contributed by atoms with Gasteiger partial charge in [0.1, 0.15) is 5.75 Å². The molecule has 1 atom stereocenters. The smallest absolute Gasteiger partial charge is 0.277 e. The molecule has 2 aliphatic heterocycles. The number of nitrogens with zero attached hydrogens (tertiary/aromatic N) is 4. The lowest BCUT2D eigenvalue weighted by Crippen LogP contribution is -2.38.